The van der Waals surface area contributed by atoms with Crippen LogP contribution in [0, 0.1) is 6.92 Å². The van der Waals surface area contributed by atoms with Crippen molar-refractivity contribution in [2.75, 3.05) is 11.9 Å². The van der Waals surface area contributed by atoms with Crippen molar-refractivity contribution in [1.82, 2.24) is 0 Å². The Kier molecular flexibility index (Phi) is 2.26. The second kappa shape index (κ2) is 3.19. The molecule has 0 aliphatic heterocycles. The van der Waals surface area contributed by atoms with Crippen molar-refractivity contribution in [3.8, 4) is 0 Å². The van der Waals surface area contributed by atoms with Crippen molar-refractivity contribution < 1.29 is 4.79 Å². The third-order valence-electron chi connectivity index (χ3n) is 1.50. The van der Waals surface area contributed by atoms with E-state index < -0.39 is 0 Å². The van der Waals surface area contributed by atoms with Crippen molar-refractivity contribution in [2.45, 2.75) is 0 Å². The van der Waals surface area contributed by atoms with E-state index in [-0.39, 0.29) is 0 Å². The molecule has 0 aliphatic carbocycles. The molecule has 0 spiro atoms. The Morgan fingerprint density at radius 1 is 1.36 bits per heavy atom. The minimum absolute atomic E-state index is 0.776. The van der Waals surface area contributed by atoms with Crippen molar-refractivity contribution in [2.24, 2.45) is 0 Å². The Morgan fingerprint density at radius 3 is 2.36 bits per heavy atom. The summed E-state index contributed by atoms with van der Waals surface area (Å²) >= 11 is 0. The van der Waals surface area contributed by atoms with Crippen LogP contribution < -0.4 is 4.90 Å². The molecule has 0 saturated heterocycles. The molecule has 0 aliphatic rings. The highest BCUT2D eigenvalue weighted by atomic mass is 16.1. The molecule has 1 aromatic rings. The highest BCUT2D eigenvalue weighted by Crippen LogP contribution is 2.10. The van der Waals surface area contributed by atoms with Crippen LogP contribution in [0.4, 0.5) is 5.69 Å². The average molecular weight is 148 g/mol. The summed E-state index contributed by atoms with van der Waals surface area (Å²) in [4.78, 5) is 11.8. The molecule has 11 heavy (non-hydrogen) atoms. The van der Waals surface area contributed by atoms with Crippen LogP contribution in [0.1, 0.15) is 5.56 Å². The van der Waals surface area contributed by atoms with Crippen LogP contribution in [0.3, 0.4) is 0 Å². The predicted octanol–water partition coefficient (Wildman–Crippen LogP) is 1.46. The molecule has 1 radical (unpaired) electrons. The van der Waals surface area contributed by atoms with E-state index in [9.17, 15) is 4.79 Å². The first-order chi connectivity index (χ1) is 5.24. The van der Waals surface area contributed by atoms with Gasteiger partial charge in [-0.25, -0.2) is 0 Å². The smallest absolute Gasteiger partial charge is 0.213 e. The summed E-state index contributed by atoms with van der Waals surface area (Å²) in [6.07, 6.45) is 0.776. The normalized spacial score (nSPS) is 9.27. The van der Waals surface area contributed by atoms with Crippen LogP contribution in [0.15, 0.2) is 24.3 Å². The number of anilines is 1. The minimum atomic E-state index is 0.776. The molecule has 2 heteroatoms. The molecule has 0 fully saturated rings. The van der Waals surface area contributed by atoms with E-state index in [1.54, 1.807) is 7.05 Å². The number of benzene rings is 1. The van der Waals surface area contributed by atoms with Gasteiger partial charge >= 0.3 is 0 Å². The SMILES string of the molecule is [CH2]c1ccc(N(C)C=O)cc1. The number of carbonyl (C=O) groups excluding carboxylic acids is 1. The molecule has 2 nitrogen and oxygen atoms in total. The maximum atomic E-state index is 10.3. The fourth-order valence-corrected chi connectivity index (χ4v) is 0.792. The number of rotatable bonds is 2. The van der Waals surface area contributed by atoms with Crippen molar-refractivity contribution in [3.05, 3.63) is 36.8 Å². The van der Waals surface area contributed by atoms with Gasteiger partial charge in [0.25, 0.3) is 0 Å². The van der Waals surface area contributed by atoms with E-state index in [1.165, 1.54) is 4.90 Å². The molecule has 0 bridgehead atoms. The van der Waals surface area contributed by atoms with Gasteiger partial charge in [0.2, 0.25) is 6.41 Å². The fourth-order valence-electron chi connectivity index (χ4n) is 0.792. The molecule has 1 aromatic carbocycles. The molecule has 0 unspecified atom stereocenters. The summed E-state index contributed by atoms with van der Waals surface area (Å²) in [7, 11) is 1.71. The largest absolute Gasteiger partial charge is 0.318 e. The lowest BCUT2D eigenvalue weighted by molar-refractivity contribution is -0.107. The van der Waals surface area contributed by atoms with Gasteiger partial charge in [-0.05, 0) is 24.6 Å². The average Bonchev–Trinajstić information content (AvgIpc) is 2.05. The van der Waals surface area contributed by atoms with Crippen LogP contribution in [-0.4, -0.2) is 13.5 Å². The van der Waals surface area contributed by atoms with E-state index in [1.807, 2.05) is 24.3 Å². The molecule has 1 amide bonds. The van der Waals surface area contributed by atoms with E-state index in [2.05, 4.69) is 6.92 Å². The second-order valence-electron chi connectivity index (χ2n) is 2.38. The van der Waals surface area contributed by atoms with Gasteiger partial charge in [0.15, 0.2) is 0 Å². The molecule has 57 valence electrons. The number of hydrogen-bond donors (Lipinski definition) is 0. The highest BCUT2D eigenvalue weighted by Gasteiger charge is 1.95. The van der Waals surface area contributed by atoms with Crippen molar-refractivity contribution in [1.29, 1.82) is 0 Å². The van der Waals surface area contributed by atoms with Gasteiger partial charge in [-0.2, -0.15) is 0 Å². The van der Waals surface area contributed by atoms with Gasteiger partial charge in [-0.3, -0.25) is 4.79 Å². The van der Waals surface area contributed by atoms with Crippen LogP contribution in [0.25, 0.3) is 0 Å². The van der Waals surface area contributed by atoms with Gasteiger partial charge in [0.1, 0.15) is 0 Å². The summed E-state index contributed by atoms with van der Waals surface area (Å²) in [5, 5.41) is 0. The maximum Gasteiger partial charge on any atom is 0.213 e. The first-order valence-electron chi connectivity index (χ1n) is 3.34. The maximum absolute atomic E-state index is 10.3. The second-order valence-corrected chi connectivity index (χ2v) is 2.38. The van der Waals surface area contributed by atoms with E-state index in [0.717, 1.165) is 17.7 Å². The van der Waals surface area contributed by atoms with Gasteiger partial charge in [-0.15, -0.1) is 0 Å². The summed E-state index contributed by atoms with van der Waals surface area (Å²) in [6.45, 7) is 3.74. The molecular formula is C9H10NO. The number of hydrogen-bond acceptors (Lipinski definition) is 1. The molecular weight excluding hydrogens is 138 g/mol. The van der Waals surface area contributed by atoms with Crippen LogP contribution in [-0.2, 0) is 4.79 Å². The van der Waals surface area contributed by atoms with Crippen LogP contribution in [0.5, 0.6) is 0 Å². The lowest BCUT2D eigenvalue weighted by atomic mass is 10.2. The molecule has 0 N–H and O–H groups in total. The Bertz CT molecular complexity index is 240. The van der Waals surface area contributed by atoms with Crippen LogP contribution in [0.2, 0.25) is 0 Å². The zero-order valence-corrected chi connectivity index (χ0v) is 6.45. The Morgan fingerprint density at radius 2 is 1.91 bits per heavy atom. The van der Waals surface area contributed by atoms with Gasteiger partial charge in [-0.1, -0.05) is 12.1 Å². The number of nitrogens with zero attached hydrogens (tertiary/aromatic N) is 1. The van der Waals surface area contributed by atoms with Crippen LogP contribution >= 0.6 is 0 Å². The minimum Gasteiger partial charge on any atom is -0.318 e. The van der Waals surface area contributed by atoms with E-state index in [4.69, 9.17) is 0 Å². The zero-order chi connectivity index (χ0) is 8.27. The molecule has 0 atom stereocenters. The molecule has 0 heterocycles. The summed E-state index contributed by atoms with van der Waals surface area (Å²) in [6, 6.07) is 7.46. The van der Waals surface area contributed by atoms with Gasteiger partial charge in [0.05, 0.1) is 0 Å². The number of carbonyl (C=O) groups is 1. The molecule has 0 saturated carbocycles. The Labute approximate surface area is 66.4 Å². The van der Waals surface area contributed by atoms with Gasteiger partial charge < -0.3 is 4.90 Å². The topological polar surface area (TPSA) is 20.3 Å². The summed E-state index contributed by atoms with van der Waals surface area (Å²) in [5.41, 5.74) is 1.83. The highest BCUT2D eigenvalue weighted by molar-refractivity contribution is 5.74. The van der Waals surface area contributed by atoms with Crippen molar-refractivity contribution >= 4 is 12.1 Å². The molecule has 1 rings (SSSR count). The lowest BCUT2D eigenvalue weighted by Gasteiger charge is -2.09. The van der Waals surface area contributed by atoms with Crippen molar-refractivity contribution in [3.63, 3.8) is 0 Å². The predicted molar refractivity (Wildman–Crippen MR) is 45.4 cm³/mol. The third-order valence-corrected chi connectivity index (χ3v) is 1.50. The third kappa shape index (κ3) is 1.80. The Balaban J connectivity index is 2.89. The lowest BCUT2D eigenvalue weighted by Crippen LogP contribution is -2.13. The molecule has 0 aromatic heterocycles. The quantitative estimate of drug-likeness (QED) is 0.581. The zero-order valence-electron chi connectivity index (χ0n) is 6.45. The van der Waals surface area contributed by atoms with E-state index in [0.29, 0.717) is 0 Å². The Hall–Kier alpha value is -1.31. The first kappa shape index (κ1) is 7.79. The van der Waals surface area contributed by atoms with E-state index >= 15 is 0 Å². The fraction of sp³-hybridized carbons (Fsp3) is 0.111. The number of amides is 1. The summed E-state index contributed by atoms with van der Waals surface area (Å²) in [5.74, 6) is 0. The van der Waals surface area contributed by atoms with Gasteiger partial charge in [0, 0.05) is 12.7 Å². The monoisotopic (exact) mass is 148 g/mol. The standard InChI is InChI=1S/C9H10NO/c1-8-3-5-9(6-4-8)10(2)7-11/h3-7H,1H2,2H3. The first-order valence-corrected chi connectivity index (χ1v) is 3.34. The summed E-state index contributed by atoms with van der Waals surface area (Å²) < 4.78 is 0.